The number of hydrogen-bond donors (Lipinski definition) is 2. The van der Waals surface area contributed by atoms with Crippen molar-refractivity contribution in [1.82, 2.24) is 15.2 Å². The third-order valence-electron chi connectivity index (χ3n) is 2.28. The number of Topliss-reactive ketones (excluding diaryl/α,β-unsaturated/α-hetero) is 1. The number of nitrogens with one attached hydrogen (secondary N) is 2. The highest BCUT2D eigenvalue weighted by molar-refractivity contribution is 5.95. The van der Waals surface area contributed by atoms with Gasteiger partial charge in [-0.3, -0.25) is 9.69 Å². The number of carbonyl (C=O) groups excluding carboxylic acids is 1. The van der Waals surface area contributed by atoms with Crippen LogP contribution in [0.2, 0.25) is 0 Å². The molecule has 0 aliphatic heterocycles. The van der Waals surface area contributed by atoms with Gasteiger partial charge in [-0.25, -0.2) is 0 Å². The smallest absolute Gasteiger partial charge is 0.192 e. The van der Waals surface area contributed by atoms with Gasteiger partial charge in [-0.05, 0) is 45.7 Å². The molecule has 0 amide bonds. The largest absolute Gasteiger partial charge is 0.359 e. The molecule has 0 atom stereocenters. The number of ketones is 1. The molecule has 1 heterocycles. The van der Waals surface area contributed by atoms with Crippen molar-refractivity contribution in [1.29, 1.82) is 0 Å². The normalized spacial score (nSPS) is 10.9. The van der Waals surface area contributed by atoms with Gasteiger partial charge in [-0.1, -0.05) is 0 Å². The van der Waals surface area contributed by atoms with Crippen LogP contribution < -0.4 is 5.32 Å². The summed E-state index contributed by atoms with van der Waals surface area (Å²) in [5.74, 6) is 0.145. The summed E-state index contributed by atoms with van der Waals surface area (Å²) in [5, 5.41) is 3.09. The minimum absolute atomic E-state index is 0.145. The number of aromatic amines is 1. The molecule has 4 heteroatoms. The third-order valence-corrected chi connectivity index (χ3v) is 2.28. The summed E-state index contributed by atoms with van der Waals surface area (Å²) in [6, 6.07) is 3.65. The van der Waals surface area contributed by atoms with E-state index in [9.17, 15) is 4.79 Å². The summed E-state index contributed by atoms with van der Waals surface area (Å²) in [5.41, 5.74) is 0.690. The van der Waals surface area contributed by atoms with Crippen LogP contribution in [0.1, 0.15) is 16.9 Å². The fourth-order valence-electron chi connectivity index (χ4n) is 1.44. The zero-order chi connectivity index (χ0) is 11.1. The van der Waals surface area contributed by atoms with Gasteiger partial charge in [0.1, 0.15) is 0 Å². The van der Waals surface area contributed by atoms with E-state index in [1.807, 2.05) is 31.1 Å². The monoisotopic (exact) mass is 209 g/mol. The highest BCUT2D eigenvalue weighted by Gasteiger charge is 2.08. The number of carbonyl (C=O) groups is 1. The van der Waals surface area contributed by atoms with E-state index < -0.39 is 0 Å². The Kier molecular flexibility index (Phi) is 5.07. The first-order valence-electron chi connectivity index (χ1n) is 5.23. The van der Waals surface area contributed by atoms with E-state index >= 15 is 0 Å². The molecule has 0 spiro atoms. The number of likely N-dealkylation sites (N-methyl/N-ethyl adjacent to an activating group) is 1. The van der Waals surface area contributed by atoms with Crippen molar-refractivity contribution >= 4 is 5.78 Å². The molecule has 84 valence electrons. The molecule has 1 aromatic heterocycles. The first kappa shape index (κ1) is 11.9. The first-order valence-corrected chi connectivity index (χ1v) is 5.23. The van der Waals surface area contributed by atoms with Crippen LogP contribution in [-0.2, 0) is 0 Å². The average Bonchev–Trinajstić information content (AvgIpc) is 2.70. The van der Waals surface area contributed by atoms with Gasteiger partial charge in [0.05, 0.1) is 12.2 Å². The molecule has 0 bridgehead atoms. The number of nitrogens with zero attached hydrogens (tertiary/aromatic N) is 1. The molecular formula is C11H19N3O. The predicted molar refractivity (Wildman–Crippen MR) is 61.2 cm³/mol. The van der Waals surface area contributed by atoms with Crippen LogP contribution in [0.15, 0.2) is 18.3 Å². The van der Waals surface area contributed by atoms with Crippen LogP contribution in [0, 0.1) is 0 Å². The van der Waals surface area contributed by atoms with E-state index in [0.29, 0.717) is 12.2 Å². The van der Waals surface area contributed by atoms with Crippen LogP contribution in [0.25, 0.3) is 0 Å². The summed E-state index contributed by atoms with van der Waals surface area (Å²) in [7, 11) is 3.90. The molecule has 2 N–H and O–H groups in total. The predicted octanol–water partition coefficient (Wildman–Crippen LogP) is 0.739. The number of aromatic nitrogens is 1. The highest BCUT2D eigenvalue weighted by Crippen LogP contribution is 1.98. The Morgan fingerprint density at radius 3 is 3.00 bits per heavy atom. The molecule has 0 radical (unpaired) electrons. The maximum atomic E-state index is 11.7. The van der Waals surface area contributed by atoms with Crippen molar-refractivity contribution in [2.45, 2.75) is 6.42 Å². The topological polar surface area (TPSA) is 48.1 Å². The lowest BCUT2D eigenvalue weighted by molar-refractivity contribution is 0.0941. The Labute approximate surface area is 90.7 Å². The number of H-pyrrole nitrogens is 1. The molecule has 4 nitrogen and oxygen atoms in total. The lowest BCUT2D eigenvalue weighted by Crippen LogP contribution is -2.28. The van der Waals surface area contributed by atoms with Crippen LogP contribution in [0.5, 0.6) is 0 Å². The van der Waals surface area contributed by atoms with E-state index in [1.165, 1.54) is 0 Å². The Balaban J connectivity index is 2.26. The summed E-state index contributed by atoms with van der Waals surface area (Å²) in [6.45, 7) is 2.40. The molecule has 0 aliphatic carbocycles. The molecule has 0 aromatic carbocycles. The van der Waals surface area contributed by atoms with Gasteiger partial charge in [0.25, 0.3) is 0 Å². The zero-order valence-electron chi connectivity index (χ0n) is 9.42. The quantitative estimate of drug-likeness (QED) is 0.514. The van der Waals surface area contributed by atoms with Gasteiger partial charge in [0.15, 0.2) is 5.78 Å². The highest BCUT2D eigenvalue weighted by atomic mass is 16.1. The molecule has 0 fully saturated rings. The van der Waals surface area contributed by atoms with Gasteiger partial charge in [-0.15, -0.1) is 0 Å². The minimum Gasteiger partial charge on any atom is -0.359 e. The van der Waals surface area contributed by atoms with Crippen molar-refractivity contribution in [3.05, 3.63) is 24.0 Å². The van der Waals surface area contributed by atoms with Crippen LogP contribution in [0.3, 0.4) is 0 Å². The SMILES string of the molecule is CNCCCN(C)CC(=O)c1ccc[nH]1. The Morgan fingerprint density at radius 2 is 2.40 bits per heavy atom. The Morgan fingerprint density at radius 1 is 1.60 bits per heavy atom. The fourth-order valence-corrected chi connectivity index (χ4v) is 1.44. The van der Waals surface area contributed by atoms with Crippen molar-refractivity contribution in [3.63, 3.8) is 0 Å². The fraction of sp³-hybridized carbons (Fsp3) is 0.545. The number of rotatable bonds is 7. The van der Waals surface area contributed by atoms with Gasteiger partial charge < -0.3 is 10.3 Å². The van der Waals surface area contributed by atoms with E-state index in [1.54, 1.807) is 6.20 Å². The van der Waals surface area contributed by atoms with Gasteiger partial charge >= 0.3 is 0 Å². The first-order chi connectivity index (χ1) is 7.24. The summed E-state index contributed by atoms with van der Waals surface area (Å²) in [6.07, 6.45) is 2.83. The van der Waals surface area contributed by atoms with Crippen LogP contribution in [0.4, 0.5) is 0 Å². The summed E-state index contributed by atoms with van der Waals surface area (Å²) in [4.78, 5) is 16.6. The second-order valence-corrected chi connectivity index (χ2v) is 3.70. The molecule has 0 unspecified atom stereocenters. The molecule has 1 aromatic rings. The molecule has 0 saturated carbocycles. The van der Waals surface area contributed by atoms with Gasteiger partial charge in [-0.2, -0.15) is 0 Å². The molecular weight excluding hydrogens is 190 g/mol. The maximum Gasteiger partial charge on any atom is 0.192 e. The van der Waals surface area contributed by atoms with Gasteiger partial charge in [0, 0.05) is 6.20 Å². The number of hydrogen-bond acceptors (Lipinski definition) is 3. The zero-order valence-corrected chi connectivity index (χ0v) is 9.42. The molecule has 15 heavy (non-hydrogen) atoms. The van der Waals surface area contributed by atoms with E-state index in [4.69, 9.17) is 0 Å². The van der Waals surface area contributed by atoms with E-state index in [-0.39, 0.29) is 5.78 Å². The Bertz CT molecular complexity index is 282. The van der Waals surface area contributed by atoms with Crippen molar-refractivity contribution in [2.75, 3.05) is 33.7 Å². The summed E-state index contributed by atoms with van der Waals surface area (Å²) < 4.78 is 0. The maximum absolute atomic E-state index is 11.7. The van der Waals surface area contributed by atoms with E-state index in [2.05, 4.69) is 10.3 Å². The summed E-state index contributed by atoms with van der Waals surface area (Å²) >= 11 is 0. The second kappa shape index (κ2) is 6.37. The van der Waals surface area contributed by atoms with Crippen LogP contribution >= 0.6 is 0 Å². The van der Waals surface area contributed by atoms with Crippen molar-refractivity contribution < 1.29 is 4.79 Å². The van der Waals surface area contributed by atoms with Crippen molar-refractivity contribution in [3.8, 4) is 0 Å². The molecule has 0 saturated heterocycles. The second-order valence-electron chi connectivity index (χ2n) is 3.70. The Hall–Kier alpha value is -1.13. The van der Waals surface area contributed by atoms with Gasteiger partial charge in [0.2, 0.25) is 0 Å². The standard InChI is InChI=1S/C11H19N3O/c1-12-6-4-8-14(2)9-11(15)10-5-3-7-13-10/h3,5,7,12-13H,4,6,8-9H2,1-2H3. The van der Waals surface area contributed by atoms with Crippen molar-refractivity contribution in [2.24, 2.45) is 0 Å². The third kappa shape index (κ3) is 4.27. The lowest BCUT2D eigenvalue weighted by Gasteiger charge is -2.14. The van der Waals surface area contributed by atoms with E-state index in [0.717, 1.165) is 19.5 Å². The average molecular weight is 209 g/mol. The van der Waals surface area contributed by atoms with Crippen LogP contribution in [-0.4, -0.2) is 49.4 Å². The minimum atomic E-state index is 0.145. The molecule has 1 rings (SSSR count). The molecule has 0 aliphatic rings. The lowest BCUT2D eigenvalue weighted by atomic mass is 10.2.